The van der Waals surface area contributed by atoms with E-state index in [-0.39, 0.29) is 11.0 Å². The van der Waals surface area contributed by atoms with Crippen molar-refractivity contribution in [3.63, 3.8) is 0 Å². The second kappa shape index (κ2) is 3.37. The molecule has 0 spiro atoms. The number of nitrogens with two attached hydrogens (primary N) is 1. The molecule has 0 saturated carbocycles. The highest BCUT2D eigenvalue weighted by molar-refractivity contribution is 7.89. The lowest BCUT2D eigenvalue weighted by Crippen LogP contribution is -2.12. The van der Waals surface area contributed by atoms with Crippen LogP contribution >= 0.6 is 11.6 Å². The van der Waals surface area contributed by atoms with Crippen LogP contribution in [0.3, 0.4) is 0 Å². The highest BCUT2D eigenvalue weighted by Crippen LogP contribution is 2.37. The first-order valence-corrected chi connectivity index (χ1v) is 6.32. The molecule has 2 rings (SSSR count). The van der Waals surface area contributed by atoms with Crippen LogP contribution in [0.15, 0.2) is 17.0 Å². The Hall–Kier alpha value is -0.780. The third kappa shape index (κ3) is 1.95. The summed E-state index contributed by atoms with van der Waals surface area (Å²) >= 11 is 5.90. The smallest absolute Gasteiger partial charge is 0.238 e. The fourth-order valence-electron chi connectivity index (χ4n) is 1.62. The molecular weight excluding hydrogens is 238 g/mol. The van der Waals surface area contributed by atoms with Crippen molar-refractivity contribution in [1.29, 1.82) is 0 Å². The summed E-state index contributed by atoms with van der Waals surface area (Å²) in [5.41, 5.74) is 0.791. The van der Waals surface area contributed by atoms with Gasteiger partial charge in [0.2, 0.25) is 10.0 Å². The van der Waals surface area contributed by atoms with Crippen LogP contribution in [0.2, 0.25) is 5.02 Å². The Bertz CT molecular complexity index is 512. The topological polar surface area (TPSA) is 69.4 Å². The number of benzene rings is 1. The molecule has 1 heterocycles. The number of rotatable bonds is 1. The fourth-order valence-corrected chi connectivity index (χ4v) is 2.56. The van der Waals surface area contributed by atoms with Crippen molar-refractivity contribution in [2.24, 2.45) is 5.14 Å². The molecule has 82 valence electrons. The molecule has 2 N–H and O–H groups in total. The minimum Gasteiger partial charge on any atom is -0.489 e. The summed E-state index contributed by atoms with van der Waals surface area (Å²) < 4.78 is 27.7. The molecule has 4 nitrogen and oxygen atoms in total. The van der Waals surface area contributed by atoms with Gasteiger partial charge in [-0.15, -0.1) is 0 Å². The van der Waals surface area contributed by atoms with E-state index in [2.05, 4.69) is 0 Å². The minimum atomic E-state index is -3.70. The highest BCUT2D eigenvalue weighted by Gasteiger charge is 2.24. The van der Waals surface area contributed by atoms with E-state index in [1.807, 2.05) is 6.92 Å². The average Bonchev–Trinajstić information content (AvgIpc) is 2.44. The molecule has 0 aromatic heterocycles. The molecule has 1 aromatic rings. The third-order valence-electron chi connectivity index (χ3n) is 2.25. The van der Waals surface area contributed by atoms with Gasteiger partial charge in [-0.1, -0.05) is 11.6 Å². The minimum absolute atomic E-state index is 0.0215. The molecule has 0 amide bonds. The Morgan fingerprint density at radius 2 is 2.20 bits per heavy atom. The molecule has 1 aliphatic rings. The number of hydrogen-bond acceptors (Lipinski definition) is 3. The number of primary sulfonamides is 1. The van der Waals surface area contributed by atoms with Crippen molar-refractivity contribution < 1.29 is 13.2 Å². The zero-order chi connectivity index (χ0) is 11.2. The van der Waals surface area contributed by atoms with Gasteiger partial charge >= 0.3 is 0 Å². The molecule has 1 unspecified atom stereocenters. The lowest BCUT2D eigenvalue weighted by molar-refractivity contribution is 0.255. The Morgan fingerprint density at radius 1 is 1.53 bits per heavy atom. The van der Waals surface area contributed by atoms with E-state index in [0.717, 1.165) is 5.56 Å². The predicted molar refractivity (Wildman–Crippen MR) is 56.6 cm³/mol. The summed E-state index contributed by atoms with van der Waals surface area (Å²) in [5.74, 6) is 0.566. The number of fused-ring (bicyclic) bond motifs is 1. The molecule has 1 aliphatic heterocycles. The van der Waals surface area contributed by atoms with Gasteiger partial charge in [-0.3, -0.25) is 0 Å². The molecule has 6 heteroatoms. The van der Waals surface area contributed by atoms with Crippen LogP contribution in [0.25, 0.3) is 0 Å². The largest absolute Gasteiger partial charge is 0.489 e. The van der Waals surface area contributed by atoms with E-state index >= 15 is 0 Å². The number of ether oxygens (including phenoxy) is 1. The van der Waals surface area contributed by atoms with Crippen molar-refractivity contribution in [2.75, 3.05) is 0 Å². The average molecular weight is 248 g/mol. The lowest BCUT2D eigenvalue weighted by atomic mass is 10.1. The monoisotopic (exact) mass is 247 g/mol. The molecule has 0 bridgehead atoms. The zero-order valence-electron chi connectivity index (χ0n) is 8.03. The van der Waals surface area contributed by atoms with E-state index in [4.69, 9.17) is 21.5 Å². The first-order valence-electron chi connectivity index (χ1n) is 4.40. The predicted octanol–water partition coefficient (Wildman–Crippen LogP) is 1.31. The van der Waals surface area contributed by atoms with Gasteiger partial charge in [0.15, 0.2) is 0 Å². The Kier molecular flexibility index (Phi) is 2.41. The quantitative estimate of drug-likeness (QED) is 0.814. The number of halogens is 1. The molecule has 1 atom stereocenters. The maximum Gasteiger partial charge on any atom is 0.238 e. The molecule has 0 saturated heterocycles. The van der Waals surface area contributed by atoms with Gasteiger partial charge in [0.1, 0.15) is 11.9 Å². The second-order valence-corrected chi connectivity index (χ2v) is 5.54. The SMILES string of the molecule is CC1Cc2cc(S(N)(=O)=O)cc(Cl)c2O1. The van der Waals surface area contributed by atoms with Crippen molar-refractivity contribution in [2.45, 2.75) is 24.3 Å². The summed E-state index contributed by atoms with van der Waals surface area (Å²) in [4.78, 5) is 0.0314. The number of sulfonamides is 1. The van der Waals surface area contributed by atoms with Crippen LogP contribution < -0.4 is 9.88 Å². The van der Waals surface area contributed by atoms with Gasteiger partial charge in [-0.05, 0) is 19.1 Å². The first kappa shape index (κ1) is 10.7. The van der Waals surface area contributed by atoms with Crippen LogP contribution in [0.1, 0.15) is 12.5 Å². The summed E-state index contributed by atoms with van der Waals surface area (Å²) in [6, 6.07) is 2.83. The maximum atomic E-state index is 11.1. The van der Waals surface area contributed by atoms with E-state index in [9.17, 15) is 8.42 Å². The van der Waals surface area contributed by atoms with Crippen LogP contribution in [-0.4, -0.2) is 14.5 Å². The van der Waals surface area contributed by atoms with Gasteiger partial charge in [-0.2, -0.15) is 0 Å². The van der Waals surface area contributed by atoms with Crippen molar-refractivity contribution in [3.05, 3.63) is 22.7 Å². The van der Waals surface area contributed by atoms with Crippen LogP contribution in [0.4, 0.5) is 0 Å². The second-order valence-electron chi connectivity index (χ2n) is 3.57. The van der Waals surface area contributed by atoms with Crippen LogP contribution in [0.5, 0.6) is 5.75 Å². The summed E-state index contributed by atoms with van der Waals surface area (Å²) in [5, 5.41) is 5.32. The van der Waals surface area contributed by atoms with Crippen LogP contribution in [0, 0.1) is 0 Å². The standard InChI is InChI=1S/C9H10ClNO3S/c1-5-2-6-3-7(15(11,12)13)4-8(10)9(6)14-5/h3-5H,2H2,1H3,(H2,11,12,13). The van der Waals surface area contributed by atoms with Gasteiger partial charge < -0.3 is 4.74 Å². The van der Waals surface area contributed by atoms with Crippen LogP contribution in [-0.2, 0) is 16.4 Å². The Morgan fingerprint density at radius 3 is 2.80 bits per heavy atom. The van der Waals surface area contributed by atoms with E-state index in [1.165, 1.54) is 12.1 Å². The molecular formula is C9H10ClNO3S. The zero-order valence-corrected chi connectivity index (χ0v) is 9.60. The summed E-state index contributed by atoms with van der Waals surface area (Å²) in [7, 11) is -3.70. The molecule has 0 aliphatic carbocycles. The third-order valence-corrected chi connectivity index (χ3v) is 3.42. The van der Waals surface area contributed by atoms with E-state index in [1.54, 1.807) is 0 Å². The lowest BCUT2D eigenvalue weighted by Gasteiger charge is -2.05. The number of hydrogen-bond donors (Lipinski definition) is 1. The van der Waals surface area contributed by atoms with Crippen molar-refractivity contribution >= 4 is 21.6 Å². The summed E-state index contributed by atoms with van der Waals surface area (Å²) in [6.07, 6.45) is 0.673. The van der Waals surface area contributed by atoms with Gasteiger partial charge in [0, 0.05) is 12.0 Å². The maximum absolute atomic E-state index is 11.1. The van der Waals surface area contributed by atoms with Crippen molar-refractivity contribution in [1.82, 2.24) is 0 Å². The summed E-state index contributed by atoms with van der Waals surface area (Å²) in [6.45, 7) is 1.90. The Labute approximate surface area is 93.0 Å². The van der Waals surface area contributed by atoms with E-state index < -0.39 is 10.0 Å². The fraction of sp³-hybridized carbons (Fsp3) is 0.333. The molecule has 0 radical (unpaired) electrons. The molecule has 0 fully saturated rings. The Balaban J connectivity index is 2.59. The highest BCUT2D eigenvalue weighted by atomic mass is 35.5. The normalized spacial score (nSPS) is 19.8. The first-order chi connectivity index (χ1) is 6.88. The molecule has 1 aromatic carbocycles. The van der Waals surface area contributed by atoms with E-state index in [0.29, 0.717) is 17.2 Å². The van der Waals surface area contributed by atoms with Gasteiger partial charge in [-0.25, -0.2) is 13.6 Å². The van der Waals surface area contributed by atoms with Gasteiger partial charge in [0.05, 0.1) is 9.92 Å². The van der Waals surface area contributed by atoms with Crippen molar-refractivity contribution in [3.8, 4) is 5.75 Å². The van der Waals surface area contributed by atoms with Gasteiger partial charge in [0.25, 0.3) is 0 Å². The molecule has 15 heavy (non-hydrogen) atoms.